The van der Waals surface area contributed by atoms with Gasteiger partial charge in [-0.1, -0.05) is 13.8 Å². The van der Waals surface area contributed by atoms with E-state index >= 15 is 0 Å². The van der Waals surface area contributed by atoms with Crippen LogP contribution < -0.4 is 10.6 Å². The van der Waals surface area contributed by atoms with Crippen molar-refractivity contribution in [1.29, 1.82) is 0 Å². The largest absolute Gasteiger partial charge is 0.396 e. The van der Waals surface area contributed by atoms with Gasteiger partial charge >= 0.3 is 0 Å². The summed E-state index contributed by atoms with van der Waals surface area (Å²) in [5.74, 6) is 1.66. The molecule has 1 unspecified atom stereocenters. The van der Waals surface area contributed by atoms with Crippen LogP contribution in [0, 0.1) is 5.92 Å². The molecule has 19 heavy (non-hydrogen) atoms. The topological polar surface area (TPSA) is 70.1 Å². The first-order chi connectivity index (χ1) is 9.17. The number of nitrogens with zero attached hydrogens (tertiary/aromatic N) is 2. The Bertz CT molecular complexity index is 555. The molecule has 0 fully saturated rings. The average molecular weight is 280 g/mol. The second-order valence-electron chi connectivity index (χ2n) is 4.60. The van der Waals surface area contributed by atoms with Crippen LogP contribution in [0.4, 0.5) is 11.8 Å². The minimum absolute atomic E-state index is 0.171. The van der Waals surface area contributed by atoms with Crippen LogP contribution >= 0.6 is 11.3 Å². The Morgan fingerprint density at radius 2 is 2.21 bits per heavy atom. The van der Waals surface area contributed by atoms with Crippen LogP contribution in [0.3, 0.4) is 0 Å². The molecule has 2 heterocycles. The summed E-state index contributed by atoms with van der Waals surface area (Å²) in [6.45, 7) is 5.00. The first kappa shape index (κ1) is 14.0. The highest BCUT2D eigenvalue weighted by molar-refractivity contribution is 7.18. The van der Waals surface area contributed by atoms with E-state index in [4.69, 9.17) is 5.11 Å². The number of nitrogens with one attached hydrogen (secondary N) is 2. The molecule has 2 aromatic rings. The van der Waals surface area contributed by atoms with Crippen molar-refractivity contribution in [3.8, 4) is 0 Å². The maximum Gasteiger partial charge on any atom is 0.225 e. The summed E-state index contributed by atoms with van der Waals surface area (Å²) >= 11 is 1.70. The van der Waals surface area contributed by atoms with Gasteiger partial charge in [0.1, 0.15) is 10.6 Å². The minimum atomic E-state index is 0.171. The van der Waals surface area contributed by atoms with E-state index in [1.54, 1.807) is 11.3 Å². The van der Waals surface area contributed by atoms with Crippen molar-refractivity contribution in [3.63, 3.8) is 0 Å². The normalized spacial score (nSPS) is 12.6. The van der Waals surface area contributed by atoms with Crippen LogP contribution in [0.25, 0.3) is 10.2 Å². The first-order valence-corrected chi connectivity index (χ1v) is 7.32. The first-order valence-electron chi connectivity index (χ1n) is 6.50. The Labute approximate surface area is 117 Å². The van der Waals surface area contributed by atoms with Gasteiger partial charge in [-0.3, -0.25) is 0 Å². The van der Waals surface area contributed by atoms with Crippen molar-refractivity contribution in [2.24, 2.45) is 5.92 Å². The average Bonchev–Trinajstić information content (AvgIpc) is 2.86. The predicted octanol–water partition coefficient (Wildman–Crippen LogP) is 2.34. The van der Waals surface area contributed by atoms with Gasteiger partial charge in [-0.25, -0.2) is 4.98 Å². The molecule has 0 aliphatic heterocycles. The lowest BCUT2D eigenvalue weighted by atomic mass is 10.2. The van der Waals surface area contributed by atoms with E-state index in [1.807, 2.05) is 14.0 Å². The van der Waals surface area contributed by atoms with Gasteiger partial charge in [-0.2, -0.15) is 4.98 Å². The van der Waals surface area contributed by atoms with Crippen LogP contribution in [0.5, 0.6) is 0 Å². The second-order valence-corrected chi connectivity index (χ2v) is 5.71. The standard InChI is InChI=1S/C13H20N4OS/c1-4-9-5-10-11(15-6-8(2)7-18)16-13(14-3)17-12(10)19-9/h5,8,18H,4,6-7H2,1-3H3,(H2,14,15,16,17). The molecule has 6 heteroatoms. The summed E-state index contributed by atoms with van der Waals surface area (Å²) in [6, 6.07) is 2.14. The van der Waals surface area contributed by atoms with E-state index < -0.39 is 0 Å². The van der Waals surface area contributed by atoms with Gasteiger partial charge in [0, 0.05) is 25.1 Å². The number of aryl methyl sites for hydroxylation is 1. The highest BCUT2D eigenvalue weighted by Gasteiger charge is 2.11. The molecule has 0 bridgehead atoms. The van der Waals surface area contributed by atoms with Gasteiger partial charge in [0.25, 0.3) is 0 Å². The van der Waals surface area contributed by atoms with Gasteiger partial charge < -0.3 is 15.7 Å². The van der Waals surface area contributed by atoms with Crippen LogP contribution in [-0.4, -0.2) is 35.3 Å². The van der Waals surface area contributed by atoms with Crippen molar-refractivity contribution in [2.75, 3.05) is 30.8 Å². The van der Waals surface area contributed by atoms with Crippen LogP contribution in [-0.2, 0) is 6.42 Å². The lowest BCUT2D eigenvalue weighted by Crippen LogP contribution is -2.15. The summed E-state index contributed by atoms with van der Waals surface area (Å²) in [4.78, 5) is 11.2. The van der Waals surface area contributed by atoms with Gasteiger partial charge in [0.05, 0.1) is 5.39 Å². The molecular formula is C13H20N4OS. The van der Waals surface area contributed by atoms with Gasteiger partial charge in [0.2, 0.25) is 5.95 Å². The number of aliphatic hydroxyl groups excluding tert-OH is 1. The molecule has 0 aliphatic carbocycles. The minimum Gasteiger partial charge on any atom is -0.396 e. The third-order valence-electron chi connectivity index (χ3n) is 2.95. The van der Waals surface area contributed by atoms with E-state index in [0.717, 1.165) is 22.5 Å². The lowest BCUT2D eigenvalue weighted by Gasteiger charge is -2.11. The lowest BCUT2D eigenvalue weighted by molar-refractivity contribution is 0.244. The van der Waals surface area contributed by atoms with E-state index in [9.17, 15) is 0 Å². The molecule has 104 valence electrons. The molecule has 2 aromatic heterocycles. The maximum absolute atomic E-state index is 9.09. The quantitative estimate of drug-likeness (QED) is 0.757. The number of anilines is 2. The predicted molar refractivity (Wildman–Crippen MR) is 81.1 cm³/mol. The molecule has 0 aliphatic rings. The fourth-order valence-corrected chi connectivity index (χ4v) is 2.69. The Morgan fingerprint density at radius 3 is 2.84 bits per heavy atom. The fourth-order valence-electron chi connectivity index (χ4n) is 1.73. The number of hydrogen-bond donors (Lipinski definition) is 3. The summed E-state index contributed by atoms with van der Waals surface area (Å²) in [5, 5.41) is 16.4. The number of thiophene rings is 1. The second kappa shape index (κ2) is 6.16. The number of rotatable bonds is 6. The molecular weight excluding hydrogens is 260 g/mol. The smallest absolute Gasteiger partial charge is 0.225 e. The molecule has 5 nitrogen and oxygen atoms in total. The van der Waals surface area contributed by atoms with E-state index in [0.29, 0.717) is 12.5 Å². The maximum atomic E-state index is 9.09. The summed E-state index contributed by atoms with van der Waals surface area (Å²) < 4.78 is 0. The molecule has 0 saturated heterocycles. The van der Waals surface area contributed by atoms with Crippen LogP contribution in [0.15, 0.2) is 6.07 Å². The van der Waals surface area contributed by atoms with Crippen molar-refractivity contribution in [2.45, 2.75) is 20.3 Å². The monoisotopic (exact) mass is 280 g/mol. The van der Waals surface area contributed by atoms with E-state index in [-0.39, 0.29) is 12.5 Å². The van der Waals surface area contributed by atoms with Crippen molar-refractivity contribution in [1.82, 2.24) is 9.97 Å². The van der Waals surface area contributed by atoms with Gasteiger partial charge in [-0.05, 0) is 18.4 Å². The highest BCUT2D eigenvalue weighted by Crippen LogP contribution is 2.30. The zero-order valence-corrected chi connectivity index (χ0v) is 12.3. The Hall–Kier alpha value is -1.40. The molecule has 3 N–H and O–H groups in total. The zero-order valence-electron chi connectivity index (χ0n) is 11.5. The molecule has 1 atom stereocenters. The SMILES string of the molecule is CCc1cc2c(NCC(C)CO)nc(NC)nc2s1. The van der Waals surface area contributed by atoms with Crippen LogP contribution in [0.2, 0.25) is 0 Å². The van der Waals surface area contributed by atoms with Crippen molar-refractivity contribution < 1.29 is 5.11 Å². The zero-order chi connectivity index (χ0) is 13.8. The Morgan fingerprint density at radius 1 is 1.42 bits per heavy atom. The third kappa shape index (κ3) is 3.13. The Kier molecular flexibility index (Phi) is 4.55. The molecule has 0 saturated carbocycles. The molecule has 0 radical (unpaired) electrons. The Balaban J connectivity index is 2.35. The number of aromatic nitrogens is 2. The fraction of sp³-hybridized carbons (Fsp3) is 0.538. The molecule has 0 amide bonds. The summed E-state index contributed by atoms with van der Waals surface area (Å²) in [6.07, 6.45) is 1.00. The summed E-state index contributed by atoms with van der Waals surface area (Å²) in [5.41, 5.74) is 0. The number of aliphatic hydroxyl groups is 1. The molecule has 0 spiro atoms. The van der Waals surface area contributed by atoms with Gasteiger partial charge in [-0.15, -0.1) is 11.3 Å². The molecule has 2 rings (SSSR count). The molecule has 0 aromatic carbocycles. The number of fused-ring (bicyclic) bond motifs is 1. The third-order valence-corrected chi connectivity index (χ3v) is 4.12. The summed E-state index contributed by atoms with van der Waals surface area (Å²) in [7, 11) is 1.82. The van der Waals surface area contributed by atoms with E-state index in [2.05, 4.69) is 33.6 Å². The van der Waals surface area contributed by atoms with Crippen molar-refractivity contribution >= 4 is 33.3 Å². The van der Waals surface area contributed by atoms with Crippen molar-refractivity contribution in [3.05, 3.63) is 10.9 Å². The van der Waals surface area contributed by atoms with Gasteiger partial charge in [0.15, 0.2) is 0 Å². The highest BCUT2D eigenvalue weighted by atomic mass is 32.1. The van der Waals surface area contributed by atoms with E-state index in [1.165, 1.54) is 4.88 Å². The number of hydrogen-bond acceptors (Lipinski definition) is 6. The van der Waals surface area contributed by atoms with Crippen LogP contribution in [0.1, 0.15) is 18.7 Å².